The second kappa shape index (κ2) is 6.53. The minimum Gasteiger partial charge on any atom is -0.342 e. The molecule has 1 atom stereocenters. The number of fused-ring (bicyclic) bond motifs is 1. The van der Waals surface area contributed by atoms with Crippen molar-refractivity contribution in [3.8, 4) is 0 Å². The topological polar surface area (TPSA) is 98.7 Å². The molecule has 3 rings (SSSR count). The third-order valence-electron chi connectivity index (χ3n) is 3.71. The molecular weight excluding hydrogens is 300 g/mol. The van der Waals surface area contributed by atoms with Crippen LogP contribution < -0.4 is 11.1 Å². The lowest BCUT2D eigenvalue weighted by atomic mass is 10.0. The lowest BCUT2D eigenvalue weighted by molar-refractivity contribution is 0.0934. The molecule has 0 fully saturated rings. The Morgan fingerprint density at radius 3 is 3.09 bits per heavy atom. The standard InChI is InChI=1S/C14H20N6OS/c1-9(14-17-10-4-2-3-5-12(10)22-14)16-13(21)11-8-20(7-6-15)19-18-11/h8-9H,2-7,15H2,1H3,(H,16,21). The van der Waals surface area contributed by atoms with Gasteiger partial charge in [0, 0.05) is 11.4 Å². The highest BCUT2D eigenvalue weighted by atomic mass is 32.1. The van der Waals surface area contributed by atoms with E-state index in [1.165, 1.54) is 23.4 Å². The summed E-state index contributed by atoms with van der Waals surface area (Å²) in [5.41, 5.74) is 6.97. The van der Waals surface area contributed by atoms with Crippen LogP contribution in [0.5, 0.6) is 0 Å². The number of hydrogen-bond acceptors (Lipinski definition) is 6. The normalized spacial score (nSPS) is 15.4. The van der Waals surface area contributed by atoms with Crippen LogP contribution in [0.2, 0.25) is 0 Å². The number of hydrogen-bond donors (Lipinski definition) is 2. The van der Waals surface area contributed by atoms with E-state index in [2.05, 4.69) is 20.6 Å². The van der Waals surface area contributed by atoms with E-state index in [4.69, 9.17) is 5.73 Å². The largest absolute Gasteiger partial charge is 0.342 e. The van der Waals surface area contributed by atoms with E-state index in [1.54, 1.807) is 22.2 Å². The van der Waals surface area contributed by atoms with Gasteiger partial charge >= 0.3 is 0 Å². The Balaban J connectivity index is 1.66. The molecule has 1 aliphatic rings. The van der Waals surface area contributed by atoms with Gasteiger partial charge < -0.3 is 11.1 Å². The number of rotatable bonds is 5. The molecule has 1 amide bonds. The SMILES string of the molecule is CC(NC(=O)c1cn(CCN)nn1)c1nc2c(s1)CCCC2. The lowest BCUT2D eigenvalue weighted by Gasteiger charge is -2.09. The molecule has 22 heavy (non-hydrogen) atoms. The maximum Gasteiger partial charge on any atom is 0.274 e. The van der Waals surface area contributed by atoms with E-state index >= 15 is 0 Å². The summed E-state index contributed by atoms with van der Waals surface area (Å²) < 4.78 is 1.57. The summed E-state index contributed by atoms with van der Waals surface area (Å²) in [5.74, 6) is -0.232. The van der Waals surface area contributed by atoms with Crippen molar-refractivity contribution in [1.29, 1.82) is 0 Å². The minimum atomic E-state index is -0.232. The van der Waals surface area contributed by atoms with Gasteiger partial charge in [-0.1, -0.05) is 5.21 Å². The predicted molar refractivity (Wildman–Crippen MR) is 83.7 cm³/mol. The van der Waals surface area contributed by atoms with Gasteiger partial charge in [0.15, 0.2) is 5.69 Å². The molecule has 1 unspecified atom stereocenters. The van der Waals surface area contributed by atoms with Gasteiger partial charge in [-0.25, -0.2) is 4.98 Å². The number of amides is 1. The smallest absolute Gasteiger partial charge is 0.274 e. The van der Waals surface area contributed by atoms with Crippen LogP contribution in [0.15, 0.2) is 6.20 Å². The van der Waals surface area contributed by atoms with Crippen molar-refractivity contribution in [3.05, 3.63) is 27.5 Å². The number of nitrogens with zero attached hydrogens (tertiary/aromatic N) is 4. The van der Waals surface area contributed by atoms with Gasteiger partial charge in [-0.05, 0) is 32.6 Å². The highest BCUT2D eigenvalue weighted by Gasteiger charge is 2.21. The van der Waals surface area contributed by atoms with Gasteiger partial charge in [0.1, 0.15) is 5.01 Å². The van der Waals surface area contributed by atoms with Crippen molar-refractivity contribution in [2.45, 2.75) is 45.2 Å². The van der Waals surface area contributed by atoms with Crippen molar-refractivity contribution in [3.63, 3.8) is 0 Å². The molecule has 0 saturated carbocycles. The minimum absolute atomic E-state index is 0.122. The highest BCUT2D eigenvalue weighted by molar-refractivity contribution is 7.11. The molecule has 0 aliphatic heterocycles. The van der Waals surface area contributed by atoms with E-state index in [9.17, 15) is 4.79 Å². The van der Waals surface area contributed by atoms with E-state index in [0.717, 1.165) is 17.8 Å². The monoisotopic (exact) mass is 320 g/mol. The summed E-state index contributed by atoms with van der Waals surface area (Å²) in [5, 5.41) is 11.7. The zero-order valence-electron chi connectivity index (χ0n) is 12.6. The summed E-state index contributed by atoms with van der Waals surface area (Å²) in [4.78, 5) is 18.3. The molecule has 118 valence electrons. The Kier molecular flexibility index (Phi) is 4.49. The molecule has 2 heterocycles. The molecule has 2 aromatic rings. The van der Waals surface area contributed by atoms with E-state index in [1.807, 2.05) is 6.92 Å². The average Bonchev–Trinajstić information content (AvgIpc) is 3.13. The number of carbonyl (C=O) groups is 1. The third kappa shape index (κ3) is 3.17. The van der Waals surface area contributed by atoms with Crippen molar-refractivity contribution < 1.29 is 4.79 Å². The molecule has 8 heteroatoms. The van der Waals surface area contributed by atoms with Crippen molar-refractivity contribution in [2.24, 2.45) is 5.73 Å². The van der Waals surface area contributed by atoms with Gasteiger partial charge in [0.25, 0.3) is 5.91 Å². The van der Waals surface area contributed by atoms with Crippen molar-refractivity contribution in [2.75, 3.05) is 6.54 Å². The number of aromatic nitrogens is 4. The molecule has 1 aliphatic carbocycles. The Morgan fingerprint density at radius 1 is 1.50 bits per heavy atom. The predicted octanol–water partition coefficient (Wildman–Crippen LogP) is 1.06. The Bertz CT molecular complexity index is 641. The molecule has 3 N–H and O–H groups in total. The van der Waals surface area contributed by atoms with Crippen LogP contribution in [0.1, 0.15) is 51.9 Å². The zero-order chi connectivity index (χ0) is 15.5. The van der Waals surface area contributed by atoms with Crippen LogP contribution >= 0.6 is 11.3 Å². The molecule has 0 bridgehead atoms. The first kappa shape index (κ1) is 15.1. The van der Waals surface area contributed by atoms with E-state index in [0.29, 0.717) is 18.8 Å². The van der Waals surface area contributed by atoms with Crippen LogP contribution in [0, 0.1) is 0 Å². The van der Waals surface area contributed by atoms with Crippen LogP contribution in [0.4, 0.5) is 0 Å². The summed E-state index contributed by atoms with van der Waals surface area (Å²) in [6, 6.07) is -0.122. The quantitative estimate of drug-likeness (QED) is 0.858. The lowest BCUT2D eigenvalue weighted by Crippen LogP contribution is -2.27. The molecule has 0 aromatic carbocycles. The molecule has 2 aromatic heterocycles. The maximum atomic E-state index is 12.2. The first-order valence-corrected chi connectivity index (χ1v) is 8.38. The van der Waals surface area contributed by atoms with Gasteiger partial charge in [0.05, 0.1) is 24.5 Å². The zero-order valence-corrected chi connectivity index (χ0v) is 13.4. The molecular formula is C14H20N6OS. The van der Waals surface area contributed by atoms with Crippen LogP contribution in [0.25, 0.3) is 0 Å². The Morgan fingerprint density at radius 2 is 2.32 bits per heavy atom. The fourth-order valence-electron chi connectivity index (χ4n) is 2.53. The number of nitrogens with one attached hydrogen (secondary N) is 1. The van der Waals surface area contributed by atoms with E-state index in [-0.39, 0.29) is 11.9 Å². The number of thiazole rings is 1. The number of carbonyl (C=O) groups excluding carboxylic acids is 1. The molecule has 0 radical (unpaired) electrons. The first-order chi connectivity index (χ1) is 10.7. The van der Waals surface area contributed by atoms with Gasteiger partial charge in [0.2, 0.25) is 0 Å². The third-order valence-corrected chi connectivity index (χ3v) is 5.05. The first-order valence-electron chi connectivity index (χ1n) is 7.57. The van der Waals surface area contributed by atoms with Crippen molar-refractivity contribution >= 4 is 17.2 Å². The second-order valence-electron chi connectivity index (χ2n) is 5.48. The Labute approximate surface area is 132 Å². The molecule has 7 nitrogen and oxygen atoms in total. The summed E-state index contributed by atoms with van der Waals surface area (Å²) in [7, 11) is 0. The van der Waals surface area contributed by atoms with Gasteiger partial charge in [-0.3, -0.25) is 9.48 Å². The Hall–Kier alpha value is -1.80. The van der Waals surface area contributed by atoms with Crippen molar-refractivity contribution in [1.82, 2.24) is 25.3 Å². The van der Waals surface area contributed by atoms with Gasteiger partial charge in [-0.2, -0.15) is 0 Å². The van der Waals surface area contributed by atoms with E-state index < -0.39 is 0 Å². The van der Waals surface area contributed by atoms with Crippen LogP contribution in [0.3, 0.4) is 0 Å². The summed E-state index contributed by atoms with van der Waals surface area (Å²) in [6.07, 6.45) is 6.23. The van der Waals surface area contributed by atoms with Gasteiger partial charge in [-0.15, -0.1) is 16.4 Å². The van der Waals surface area contributed by atoms with Crippen LogP contribution in [-0.2, 0) is 19.4 Å². The molecule has 0 saturated heterocycles. The fraction of sp³-hybridized carbons (Fsp3) is 0.571. The van der Waals surface area contributed by atoms with Crippen LogP contribution in [-0.4, -0.2) is 32.4 Å². The highest BCUT2D eigenvalue weighted by Crippen LogP contribution is 2.29. The second-order valence-corrected chi connectivity index (χ2v) is 6.59. The summed E-state index contributed by atoms with van der Waals surface area (Å²) >= 11 is 1.71. The summed E-state index contributed by atoms with van der Waals surface area (Å²) in [6.45, 7) is 2.97. The average molecular weight is 320 g/mol. The molecule has 0 spiro atoms. The number of nitrogens with two attached hydrogens (primary N) is 1. The fourth-order valence-corrected chi connectivity index (χ4v) is 3.69. The maximum absolute atomic E-state index is 12.2. The number of aryl methyl sites for hydroxylation is 2.